The number of nitrogens with one attached hydrogen (secondary N) is 1. The zero-order valence-electron chi connectivity index (χ0n) is 17.5. The number of carbonyl (C=O) groups excluding carboxylic acids is 1. The number of hydrogen-bond donors (Lipinski definition) is 3. The lowest BCUT2D eigenvalue weighted by Gasteiger charge is -2.15. The molecular formula is C23H24F3N5O. The highest BCUT2D eigenvalue weighted by Crippen LogP contribution is 2.32. The largest absolute Gasteiger partial charge is 0.419 e. The van der Waals surface area contributed by atoms with E-state index >= 15 is 0 Å². The van der Waals surface area contributed by atoms with Crippen molar-refractivity contribution in [1.82, 2.24) is 9.97 Å². The van der Waals surface area contributed by atoms with Crippen molar-refractivity contribution in [1.29, 1.82) is 0 Å². The van der Waals surface area contributed by atoms with Gasteiger partial charge in [0.2, 0.25) is 11.9 Å². The third-order valence-corrected chi connectivity index (χ3v) is 5.06. The summed E-state index contributed by atoms with van der Waals surface area (Å²) in [6.07, 6.45) is -3.47. The maximum Gasteiger partial charge on any atom is 0.419 e. The van der Waals surface area contributed by atoms with Gasteiger partial charge in [-0.05, 0) is 48.1 Å². The van der Waals surface area contributed by atoms with Crippen molar-refractivity contribution in [3.05, 3.63) is 82.2 Å². The van der Waals surface area contributed by atoms with Crippen LogP contribution in [0.4, 0.5) is 24.8 Å². The van der Waals surface area contributed by atoms with Crippen LogP contribution in [0.15, 0.2) is 48.7 Å². The van der Waals surface area contributed by atoms with Gasteiger partial charge in [0.1, 0.15) is 0 Å². The number of alkyl halides is 3. The highest BCUT2D eigenvalue weighted by atomic mass is 19.4. The van der Waals surface area contributed by atoms with E-state index in [1.807, 2.05) is 19.1 Å². The normalized spacial score (nSPS) is 11.4. The van der Waals surface area contributed by atoms with Gasteiger partial charge in [-0.15, -0.1) is 0 Å². The molecule has 2 aromatic carbocycles. The molecule has 0 aliphatic carbocycles. The molecule has 0 radical (unpaired) electrons. The lowest BCUT2D eigenvalue weighted by atomic mass is 9.98. The van der Waals surface area contributed by atoms with E-state index in [1.165, 1.54) is 0 Å². The minimum atomic E-state index is -4.58. The Morgan fingerprint density at radius 3 is 2.44 bits per heavy atom. The van der Waals surface area contributed by atoms with Crippen molar-refractivity contribution in [3.63, 3.8) is 0 Å². The van der Waals surface area contributed by atoms with Crippen molar-refractivity contribution in [3.8, 4) is 0 Å². The summed E-state index contributed by atoms with van der Waals surface area (Å²) in [4.78, 5) is 19.3. The Labute approximate surface area is 183 Å². The summed E-state index contributed by atoms with van der Waals surface area (Å²) in [5.74, 6) is -0.431. The second-order valence-corrected chi connectivity index (χ2v) is 7.44. The molecule has 0 saturated heterocycles. The number of anilines is 2. The van der Waals surface area contributed by atoms with Crippen LogP contribution in [0.5, 0.6) is 0 Å². The molecule has 0 spiro atoms. The highest BCUT2D eigenvalue weighted by Gasteiger charge is 2.34. The maximum absolute atomic E-state index is 13.6. The topological polar surface area (TPSA) is 107 Å². The molecular weight excluding hydrogens is 419 g/mol. The van der Waals surface area contributed by atoms with E-state index in [-0.39, 0.29) is 30.9 Å². The van der Waals surface area contributed by atoms with Gasteiger partial charge in [-0.3, -0.25) is 4.79 Å². The molecule has 3 aromatic rings. The molecule has 0 bridgehead atoms. The summed E-state index contributed by atoms with van der Waals surface area (Å²) in [5.41, 5.74) is 13.9. The van der Waals surface area contributed by atoms with E-state index in [4.69, 9.17) is 11.5 Å². The van der Waals surface area contributed by atoms with Crippen LogP contribution in [0.2, 0.25) is 0 Å². The van der Waals surface area contributed by atoms with Crippen molar-refractivity contribution in [2.24, 2.45) is 11.5 Å². The Morgan fingerprint density at radius 1 is 1.09 bits per heavy atom. The molecule has 0 unspecified atom stereocenters. The fraction of sp³-hybridized carbons (Fsp3) is 0.261. The molecule has 168 valence electrons. The molecule has 0 fully saturated rings. The zero-order chi connectivity index (χ0) is 23.3. The summed E-state index contributed by atoms with van der Waals surface area (Å²) in [6.45, 7) is 2.25. The van der Waals surface area contributed by atoms with Gasteiger partial charge >= 0.3 is 6.18 Å². The van der Waals surface area contributed by atoms with Crippen LogP contribution in [0.3, 0.4) is 0 Å². The molecule has 0 saturated carbocycles. The minimum absolute atomic E-state index is 0.0207. The molecule has 9 heteroatoms. The van der Waals surface area contributed by atoms with Gasteiger partial charge in [-0.25, -0.2) is 9.97 Å². The van der Waals surface area contributed by atoms with Crippen molar-refractivity contribution < 1.29 is 18.0 Å². The van der Waals surface area contributed by atoms with Gasteiger partial charge in [-0.1, -0.05) is 36.4 Å². The number of amides is 1. The number of aryl methyl sites for hydroxylation is 3. The van der Waals surface area contributed by atoms with Gasteiger partial charge in [0.25, 0.3) is 0 Å². The van der Waals surface area contributed by atoms with E-state index in [0.29, 0.717) is 17.8 Å². The number of primary amides is 1. The Kier molecular flexibility index (Phi) is 7.09. The summed E-state index contributed by atoms with van der Waals surface area (Å²) >= 11 is 0. The Bertz CT molecular complexity index is 1120. The summed E-state index contributed by atoms with van der Waals surface area (Å²) in [5, 5.41) is 2.99. The van der Waals surface area contributed by atoms with Crippen molar-refractivity contribution in [2.45, 2.75) is 38.9 Å². The van der Waals surface area contributed by atoms with Gasteiger partial charge in [-0.2, -0.15) is 13.2 Å². The number of aromatic nitrogens is 2. The standard InChI is InChI=1S/C23H24F3N5O/c1-14-10-15(12-27)6-8-19(14)30-22-29-13-18(23(24,25)26)20(31-22)9-7-16-4-2-3-5-17(16)11-21(28)32/h2-6,8,10,13H,7,9,11-12,27H2,1H3,(H2,28,32)(H,29,30,31). The SMILES string of the molecule is Cc1cc(CN)ccc1Nc1ncc(C(F)(F)F)c(CCc2ccccc2CC(N)=O)n1. The third-order valence-electron chi connectivity index (χ3n) is 5.06. The molecule has 6 nitrogen and oxygen atoms in total. The molecule has 0 aliphatic heterocycles. The van der Waals surface area contributed by atoms with E-state index in [2.05, 4.69) is 15.3 Å². The zero-order valence-corrected chi connectivity index (χ0v) is 17.5. The Hall–Kier alpha value is -3.46. The Balaban J connectivity index is 1.88. The monoisotopic (exact) mass is 443 g/mol. The third kappa shape index (κ3) is 5.82. The van der Waals surface area contributed by atoms with E-state index < -0.39 is 17.6 Å². The van der Waals surface area contributed by atoms with Crippen LogP contribution in [-0.2, 0) is 36.8 Å². The number of nitrogens with two attached hydrogens (primary N) is 2. The van der Waals surface area contributed by atoms with Crippen LogP contribution in [0.1, 0.15) is 33.5 Å². The van der Waals surface area contributed by atoms with E-state index in [9.17, 15) is 18.0 Å². The van der Waals surface area contributed by atoms with Crippen LogP contribution in [-0.4, -0.2) is 15.9 Å². The van der Waals surface area contributed by atoms with Gasteiger partial charge < -0.3 is 16.8 Å². The van der Waals surface area contributed by atoms with E-state index in [1.54, 1.807) is 30.3 Å². The number of benzene rings is 2. The van der Waals surface area contributed by atoms with Crippen LogP contribution in [0, 0.1) is 6.92 Å². The summed E-state index contributed by atoms with van der Waals surface area (Å²) < 4.78 is 40.7. The first-order valence-electron chi connectivity index (χ1n) is 10.0. The summed E-state index contributed by atoms with van der Waals surface area (Å²) in [7, 11) is 0. The van der Waals surface area contributed by atoms with Crippen LogP contribution < -0.4 is 16.8 Å². The predicted octanol–water partition coefficient (Wildman–Crippen LogP) is 3.82. The molecule has 1 heterocycles. The number of rotatable bonds is 8. The highest BCUT2D eigenvalue weighted by molar-refractivity contribution is 5.77. The van der Waals surface area contributed by atoms with Gasteiger partial charge in [0, 0.05) is 18.4 Å². The lowest BCUT2D eigenvalue weighted by Crippen LogP contribution is -2.16. The maximum atomic E-state index is 13.6. The fourth-order valence-electron chi connectivity index (χ4n) is 3.43. The number of nitrogens with zero attached hydrogens (tertiary/aromatic N) is 2. The molecule has 1 aromatic heterocycles. The van der Waals surface area contributed by atoms with Crippen LogP contribution >= 0.6 is 0 Å². The first-order valence-corrected chi connectivity index (χ1v) is 10.0. The number of halogens is 3. The molecule has 0 atom stereocenters. The van der Waals surface area contributed by atoms with E-state index in [0.717, 1.165) is 22.9 Å². The molecule has 3 rings (SSSR count). The fourth-order valence-corrected chi connectivity index (χ4v) is 3.43. The second kappa shape index (κ2) is 9.78. The Morgan fingerprint density at radius 2 is 1.81 bits per heavy atom. The molecule has 1 amide bonds. The molecule has 5 N–H and O–H groups in total. The number of hydrogen-bond acceptors (Lipinski definition) is 5. The summed E-state index contributed by atoms with van der Waals surface area (Å²) in [6, 6.07) is 12.6. The lowest BCUT2D eigenvalue weighted by molar-refractivity contribution is -0.138. The molecule has 0 aliphatic rings. The average molecular weight is 443 g/mol. The van der Waals surface area contributed by atoms with Crippen LogP contribution in [0.25, 0.3) is 0 Å². The van der Waals surface area contributed by atoms with Crippen molar-refractivity contribution in [2.75, 3.05) is 5.32 Å². The minimum Gasteiger partial charge on any atom is -0.369 e. The first-order chi connectivity index (χ1) is 15.2. The van der Waals surface area contributed by atoms with Gasteiger partial charge in [0.05, 0.1) is 17.7 Å². The van der Waals surface area contributed by atoms with Crippen molar-refractivity contribution >= 4 is 17.5 Å². The average Bonchev–Trinajstić information content (AvgIpc) is 2.73. The quantitative estimate of drug-likeness (QED) is 0.491. The number of carbonyl (C=O) groups is 1. The molecule has 32 heavy (non-hydrogen) atoms. The smallest absolute Gasteiger partial charge is 0.369 e. The second-order valence-electron chi connectivity index (χ2n) is 7.44. The predicted molar refractivity (Wildman–Crippen MR) is 116 cm³/mol. The van der Waals surface area contributed by atoms with Gasteiger partial charge in [0.15, 0.2) is 0 Å². The first kappa shape index (κ1) is 23.2.